The molecule has 0 spiro atoms. The normalized spacial score (nSPS) is 12.9. The summed E-state index contributed by atoms with van der Waals surface area (Å²) in [4.78, 5) is 6.02. The molecule has 0 saturated carbocycles. The fourth-order valence-corrected chi connectivity index (χ4v) is 6.19. The Morgan fingerprint density at radius 2 is 1.74 bits per heavy atom. The van der Waals surface area contributed by atoms with Crippen molar-refractivity contribution >= 4 is 32.3 Å². The van der Waals surface area contributed by atoms with Crippen molar-refractivity contribution in [1.29, 1.82) is 0 Å². The molecule has 0 aliphatic heterocycles. The van der Waals surface area contributed by atoms with Crippen molar-refractivity contribution in [3.63, 3.8) is 0 Å². The topological polar surface area (TPSA) is 74.8 Å². The van der Waals surface area contributed by atoms with Gasteiger partial charge in [0.05, 0.1) is 28.8 Å². The van der Waals surface area contributed by atoms with E-state index in [4.69, 9.17) is 4.74 Å². The number of sulfonamides is 1. The van der Waals surface area contributed by atoms with Gasteiger partial charge in [-0.15, -0.1) is 0 Å². The second-order valence-electron chi connectivity index (χ2n) is 10.4. The van der Waals surface area contributed by atoms with Crippen molar-refractivity contribution in [2.75, 3.05) is 38.0 Å². The van der Waals surface area contributed by atoms with E-state index >= 15 is 0 Å². The molecule has 0 aliphatic rings. The third-order valence-electron chi connectivity index (χ3n) is 6.97. The first-order chi connectivity index (χ1) is 19.9. The molecule has 1 heterocycles. The van der Waals surface area contributed by atoms with E-state index in [1.165, 1.54) is 10.4 Å². The van der Waals surface area contributed by atoms with Gasteiger partial charge in [0, 0.05) is 56.6 Å². The lowest BCUT2D eigenvalue weighted by Crippen LogP contribution is -2.32. The zero-order chi connectivity index (χ0) is 30.5. The third kappa shape index (κ3) is 7.51. The van der Waals surface area contributed by atoms with Crippen LogP contribution >= 0.6 is 0 Å². The average molecular weight is 601 g/mol. The van der Waals surface area contributed by atoms with Crippen LogP contribution in [-0.4, -0.2) is 51.5 Å². The maximum atomic E-state index is 13.7. The van der Waals surface area contributed by atoms with Crippen molar-refractivity contribution < 1.29 is 26.3 Å². The van der Waals surface area contributed by atoms with E-state index in [2.05, 4.69) is 10.3 Å². The summed E-state index contributed by atoms with van der Waals surface area (Å²) in [6.07, 6.45) is -1.87. The predicted octanol–water partition coefficient (Wildman–Crippen LogP) is 6.80. The van der Waals surface area contributed by atoms with Crippen LogP contribution < -0.4 is 15.0 Å². The molecule has 1 N–H and O–H groups in total. The molecule has 1 aromatic heterocycles. The van der Waals surface area contributed by atoms with Crippen LogP contribution in [0.2, 0.25) is 0 Å². The second-order valence-corrected chi connectivity index (χ2v) is 12.3. The summed E-state index contributed by atoms with van der Waals surface area (Å²) in [6.45, 7) is 2.13. The largest absolute Gasteiger partial charge is 0.497 e. The number of pyridine rings is 1. The third-order valence-corrected chi connectivity index (χ3v) is 8.81. The molecule has 1 unspecified atom stereocenters. The smallest absolute Gasteiger partial charge is 0.416 e. The van der Waals surface area contributed by atoms with Crippen LogP contribution in [0.1, 0.15) is 30.9 Å². The Hall–Kier alpha value is -3.83. The van der Waals surface area contributed by atoms with Gasteiger partial charge in [0.2, 0.25) is 10.0 Å². The first kappa shape index (κ1) is 31.1. The number of hydrogen-bond acceptors (Lipinski definition) is 6. The molecule has 224 valence electrons. The average Bonchev–Trinajstić information content (AvgIpc) is 2.96. The Morgan fingerprint density at radius 3 is 2.40 bits per heavy atom. The van der Waals surface area contributed by atoms with Crippen molar-refractivity contribution in [3.05, 3.63) is 90.1 Å². The number of alkyl halides is 3. The minimum atomic E-state index is -4.65. The van der Waals surface area contributed by atoms with Gasteiger partial charge in [0.25, 0.3) is 0 Å². The van der Waals surface area contributed by atoms with E-state index in [9.17, 15) is 21.6 Å². The number of methoxy groups -OCH3 is 1. The van der Waals surface area contributed by atoms with Crippen molar-refractivity contribution in [2.24, 2.45) is 0 Å². The fourth-order valence-electron chi connectivity index (χ4n) is 4.67. The van der Waals surface area contributed by atoms with E-state index in [0.29, 0.717) is 24.7 Å². The Balaban J connectivity index is 1.54. The van der Waals surface area contributed by atoms with Crippen LogP contribution in [0.25, 0.3) is 10.9 Å². The lowest BCUT2D eigenvalue weighted by molar-refractivity contribution is -0.137. The highest BCUT2D eigenvalue weighted by Crippen LogP contribution is 2.32. The zero-order valence-corrected chi connectivity index (χ0v) is 24.8. The molecule has 0 radical (unpaired) electrons. The fraction of sp³-hybridized carbons (Fsp3) is 0.323. The second kappa shape index (κ2) is 13.0. The van der Waals surface area contributed by atoms with Crippen molar-refractivity contribution in [1.82, 2.24) is 9.29 Å². The van der Waals surface area contributed by atoms with Crippen molar-refractivity contribution in [3.8, 4) is 5.75 Å². The van der Waals surface area contributed by atoms with Crippen LogP contribution in [0.3, 0.4) is 0 Å². The molecular weight excluding hydrogens is 565 g/mol. The zero-order valence-electron chi connectivity index (χ0n) is 24.0. The molecule has 0 fully saturated rings. The SMILES string of the molecule is COc1cc(NC(C)CCCN(Cc2ccc(N(C)C)cc2)S(=O)(=O)c2cccc(C(F)(F)F)c2)c2ncccc2c1. The molecule has 1 atom stereocenters. The summed E-state index contributed by atoms with van der Waals surface area (Å²) in [7, 11) is 1.17. The summed E-state index contributed by atoms with van der Waals surface area (Å²) in [5.74, 6) is 0.684. The van der Waals surface area contributed by atoms with Crippen LogP contribution in [0.5, 0.6) is 5.75 Å². The molecule has 7 nitrogen and oxygen atoms in total. The summed E-state index contributed by atoms with van der Waals surface area (Å²) >= 11 is 0. The van der Waals surface area contributed by atoms with Gasteiger partial charge in [-0.3, -0.25) is 4.98 Å². The standard InChI is InChI=1S/C31H35F3N4O3S/c1-22(36-29-20-27(41-4)18-24-9-6-16-35-30(24)29)8-7-17-38(21-23-12-14-26(15-13-23)37(2)3)42(39,40)28-11-5-10-25(19-28)31(32,33)34/h5-6,9-16,18-20,22,36H,7-8,17,21H2,1-4H3. The number of anilines is 2. The summed E-state index contributed by atoms with van der Waals surface area (Å²) < 4.78 is 74.2. The Kier molecular flexibility index (Phi) is 9.63. The molecule has 0 saturated heterocycles. The number of nitrogens with zero attached hydrogens (tertiary/aromatic N) is 3. The minimum absolute atomic E-state index is 0.0263. The van der Waals surface area contributed by atoms with E-state index in [1.807, 2.05) is 74.4 Å². The molecule has 3 aromatic carbocycles. The number of aromatic nitrogens is 1. The van der Waals surface area contributed by atoms with Crippen LogP contribution in [0.15, 0.2) is 83.9 Å². The molecule has 0 bridgehead atoms. The molecule has 4 aromatic rings. The molecule has 4 rings (SSSR count). The summed E-state index contributed by atoms with van der Waals surface area (Å²) in [5, 5.41) is 4.38. The van der Waals surface area contributed by atoms with Gasteiger partial charge in [0.15, 0.2) is 0 Å². The van der Waals surface area contributed by atoms with Gasteiger partial charge >= 0.3 is 6.18 Å². The maximum absolute atomic E-state index is 13.7. The number of benzene rings is 3. The first-order valence-electron chi connectivity index (χ1n) is 13.5. The van der Waals surface area contributed by atoms with Gasteiger partial charge in [-0.2, -0.15) is 17.5 Å². The number of hydrogen-bond donors (Lipinski definition) is 1. The van der Waals surface area contributed by atoms with Gasteiger partial charge in [-0.05, 0) is 67.8 Å². The van der Waals surface area contributed by atoms with E-state index in [-0.39, 0.29) is 24.0 Å². The predicted molar refractivity (Wildman–Crippen MR) is 160 cm³/mol. The highest BCUT2D eigenvalue weighted by molar-refractivity contribution is 7.89. The van der Waals surface area contributed by atoms with Crippen LogP contribution in [0.4, 0.5) is 24.5 Å². The van der Waals surface area contributed by atoms with Crippen molar-refractivity contribution in [2.45, 2.75) is 43.4 Å². The van der Waals surface area contributed by atoms with Gasteiger partial charge in [0.1, 0.15) is 5.75 Å². The monoisotopic (exact) mass is 600 g/mol. The molecule has 11 heteroatoms. The minimum Gasteiger partial charge on any atom is -0.497 e. The molecule has 0 amide bonds. The number of fused-ring (bicyclic) bond motifs is 1. The summed E-state index contributed by atoms with van der Waals surface area (Å²) in [6, 6.07) is 18.8. The Morgan fingerprint density at radius 1 is 1.00 bits per heavy atom. The van der Waals surface area contributed by atoms with E-state index in [0.717, 1.165) is 40.0 Å². The molecule has 42 heavy (non-hydrogen) atoms. The lowest BCUT2D eigenvalue weighted by Gasteiger charge is -2.24. The number of rotatable bonds is 12. The Labute approximate surface area is 245 Å². The van der Waals surface area contributed by atoms with Gasteiger partial charge in [-0.1, -0.05) is 24.3 Å². The van der Waals surface area contributed by atoms with Crippen LogP contribution in [-0.2, 0) is 22.7 Å². The Bertz CT molecular complexity index is 1610. The number of ether oxygens (including phenoxy) is 1. The van der Waals surface area contributed by atoms with E-state index in [1.54, 1.807) is 13.3 Å². The number of nitrogens with one attached hydrogen (secondary N) is 1. The van der Waals surface area contributed by atoms with Crippen LogP contribution in [0, 0.1) is 0 Å². The quantitative estimate of drug-likeness (QED) is 0.193. The molecular formula is C31H35F3N4O3S. The highest BCUT2D eigenvalue weighted by Gasteiger charge is 2.33. The number of halogens is 3. The summed E-state index contributed by atoms with van der Waals surface area (Å²) in [5.41, 5.74) is 2.27. The first-order valence-corrected chi connectivity index (χ1v) is 15.0. The van der Waals surface area contributed by atoms with E-state index < -0.39 is 21.8 Å². The van der Waals surface area contributed by atoms with Gasteiger partial charge in [-0.25, -0.2) is 8.42 Å². The maximum Gasteiger partial charge on any atom is 0.416 e. The lowest BCUT2D eigenvalue weighted by atomic mass is 10.1. The highest BCUT2D eigenvalue weighted by atomic mass is 32.2. The van der Waals surface area contributed by atoms with Gasteiger partial charge < -0.3 is 15.0 Å². The molecule has 0 aliphatic carbocycles.